The van der Waals surface area contributed by atoms with E-state index in [4.69, 9.17) is 4.42 Å². The first-order valence-corrected chi connectivity index (χ1v) is 8.90. The molecule has 0 amide bonds. The van der Waals surface area contributed by atoms with E-state index in [1.54, 1.807) is 13.2 Å². The lowest BCUT2D eigenvalue weighted by Crippen LogP contribution is -2.36. The number of oxazole rings is 1. The molecule has 2 aromatic rings. The van der Waals surface area contributed by atoms with Crippen molar-refractivity contribution in [3.05, 3.63) is 53.2 Å². The van der Waals surface area contributed by atoms with Crippen molar-refractivity contribution >= 4 is 5.96 Å². The predicted octanol–water partition coefficient (Wildman–Crippen LogP) is 2.90. The Kier molecular flexibility index (Phi) is 6.80. The molecule has 26 heavy (non-hydrogen) atoms. The van der Waals surface area contributed by atoms with Crippen LogP contribution >= 0.6 is 0 Å². The van der Waals surface area contributed by atoms with E-state index in [0.717, 1.165) is 18.3 Å². The maximum Gasteiger partial charge on any atom is 0.213 e. The minimum atomic E-state index is -0.0378. The number of aromatic nitrogens is 1. The van der Waals surface area contributed by atoms with Gasteiger partial charge in [-0.05, 0) is 25.2 Å². The summed E-state index contributed by atoms with van der Waals surface area (Å²) in [5, 5.41) is 6.55. The van der Waals surface area contributed by atoms with E-state index in [2.05, 4.69) is 84.6 Å². The van der Waals surface area contributed by atoms with Gasteiger partial charge in [-0.3, -0.25) is 4.99 Å². The summed E-state index contributed by atoms with van der Waals surface area (Å²) in [5.74, 6) is 2.26. The molecule has 2 rings (SSSR count). The van der Waals surface area contributed by atoms with Crippen LogP contribution in [0.2, 0.25) is 0 Å². The largest absolute Gasteiger partial charge is 0.443 e. The fraction of sp³-hybridized carbons (Fsp3) is 0.500. The van der Waals surface area contributed by atoms with Gasteiger partial charge in [0.2, 0.25) is 5.89 Å². The van der Waals surface area contributed by atoms with Gasteiger partial charge < -0.3 is 20.0 Å². The van der Waals surface area contributed by atoms with Crippen molar-refractivity contribution in [2.45, 2.75) is 45.8 Å². The van der Waals surface area contributed by atoms with E-state index in [9.17, 15) is 0 Å². The van der Waals surface area contributed by atoms with E-state index < -0.39 is 0 Å². The van der Waals surface area contributed by atoms with Crippen molar-refractivity contribution in [1.29, 1.82) is 0 Å². The summed E-state index contributed by atoms with van der Waals surface area (Å²) in [4.78, 5) is 10.7. The van der Waals surface area contributed by atoms with E-state index in [-0.39, 0.29) is 5.41 Å². The Hall–Kier alpha value is -2.34. The maximum atomic E-state index is 5.79. The van der Waals surface area contributed by atoms with Crippen LogP contribution in [0, 0.1) is 0 Å². The smallest absolute Gasteiger partial charge is 0.213 e. The first-order valence-electron chi connectivity index (χ1n) is 8.90. The summed E-state index contributed by atoms with van der Waals surface area (Å²) < 4.78 is 5.79. The van der Waals surface area contributed by atoms with Gasteiger partial charge in [0.05, 0.1) is 12.7 Å². The van der Waals surface area contributed by atoms with Crippen molar-refractivity contribution in [2.75, 3.05) is 21.1 Å². The van der Waals surface area contributed by atoms with Crippen LogP contribution in [-0.4, -0.2) is 37.0 Å². The van der Waals surface area contributed by atoms with E-state index in [1.807, 2.05) is 0 Å². The van der Waals surface area contributed by atoms with Crippen LogP contribution in [0.15, 0.2) is 39.9 Å². The molecule has 0 radical (unpaired) electrons. The summed E-state index contributed by atoms with van der Waals surface area (Å²) in [7, 11) is 5.90. The molecular weight excluding hydrogens is 326 g/mol. The lowest BCUT2D eigenvalue weighted by molar-refractivity contribution is 0.379. The van der Waals surface area contributed by atoms with Gasteiger partial charge in [-0.2, -0.15) is 0 Å². The summed E-state index contributed by atoms with van der Waals surface area (Å²) in [6.45, 7) is 8.47. The minimum absolute atomic E-state index is 0.0378. The molecule has 142 valence electrons. The van der Waals surface area contributed by atoms with E-state index in [0.29, 0.717) is 19.0 Å². The van der Waals surface area contributed by atoms with Crippen LogP contribution in [0.3, 0.4) is 0 Å². The maximum absolute atomic E-state index is 5.79. The van der Waals surface area contributed by atoms with Crippen LogP contribution in [-0.2, 0) is 25.0 Å². The molecule has 0 unspecified atom stereocenters. The van der Waals surface area contributed by atoms with Crippen molar-refractivity contribution in [3.63, 3.8) is 0 Å². The molecule has 0 atom stereocenters. The molecule has 0 aliphatic carbocycles. The molecule has 0 saturated carbocycles. The first-order chi connectivity index (χ1) is 12.3. The highest BCUT2D eigenvalue weighted by Crippen LogP contribution is 2.22. The van der Waals surface area contributed by atoms with E-state index >= 15 is 0 Å². The Balaban J connectivity index is 1.83. The second kappa shape index (κ2) is 8.85. The van der Waals surface area contributed by atoms with Gasteiger partial charge in [0, 0.05) is 25.6 Å². The molecule has 0 bridgehead atoms. The van der Waals surface area contributed by atoms with Crippen LogP contribution in [0.5, 0.6) is 0 Å². The molecule has 0 spiro atoms. The van der Waals surface area contributed by atoms with Crippen molar-refractivity contribution in [2.24, 2.45) is 4.99 Å². The quantitative estimate of drug-likeness (QED) is 0.615. The number of benzene rings is 1. The average molecular weight is 358 g/mol. The molecular formula is C20H31N5O. The summed E-state index contributed by atoms with van der Waals surface area (Å²) >= 11 is 0. The van der Waals surface area contributed by atoms with Crippen LogP contribution in [0.25, 0.3) is 0 Å². The predicted molar refractivity (Wildman–Crippen MR) is 106 cm³/mol. The standard InChI is InChI=1S/C20H31N5O/c1-20(2,3)17-12-22-18(26-17)13-24-19(21-4)23-11-15-7-9-16(10-8-15)14-25(5)6/h7-10,12H,11,13-14H2,1-6H3,(H2,21,23,24). The molecule has 1 aromatic heterocycles. The number of nitrogens with one attached hydrogen (secondary N) is 2. The van der Waals surface area contributed by atoms with Gasteiger partial charge >= 0.3 is 0 Å². The minimum Gasteiger partial charge on any atom is -0.443 e. The summed E-state index contributed by atoms with van der Waals surface area (Å²) in [6.07, 6.45) is 1.79. The SMILES string of the molecule is CN=C(NCc1ccc(CN(C)C)cc1)NCc1ncc(C(C)(C)C)o1. The van der Waals surface area contributed by atoms with Crippen LogP contribution in [0.1, 0.15) is 43.5 Å². The highest BCUT2D eigenvalue weighted by Gasteiger charge is 2.19. The Bertz CT molecular complexity index is 711. The number of nitrogens with zero attached hydrogens (tertiary/aromatic N) is 3. The Labute approximate surface area is 156 Å². The van der Waals surface area contributed by atoms with Gasteiger partial charge in [0.15, 0.2) is 5.96 Å². The highest BCUT2D eigenvalue weighted by molar-refractivity contribution is 5.79. The number of hydrogen-bond acceptors (Lipinski definition) is 4. The molecule has 0 saturated heterocycles. The number of rotatable bonds is 6. The first kappa shape index (κ1) is 20.0. The van der Waals surface area contributed by atoms with Crippen molar-refractivity contribution < 1.29 is 4.42 Å². The number of aliphatic imine (C=N–C) groups is 1. The molecule has 1 heterocycles. The van der Waals surface area contributed by atoms with Gasteiger partial charge in [0.25, 0.3) is 0 Å². The Morgan fingerprint density at radius 1 is 1.08 bits per heavy atom. The summed E-state index contributed by atoms with van der Waals surface area (Å²) in [6, 6.07) is 8.60. The third-order valence-corrected chi connectivity index (χ3v) is 3.91. The molecule has 0 aliphatic rings. The lowest BCUT2D eigenvalue weighted by atomic mass is 9.94. The molecule has 1 aromatic carbocycles. The molecule has 6 nitrogen and oxygen atoms in total. The molecule has 2 N–H and O–H groups in total. The van der Waals surface area contributed by atoms with Crippen LogP contribution < -0.4 is 10.6 Å². The van der Waals surface area contributed by atoms with Gasteiger partial charge in [-0.1, -0.05) is 45.0 Å². The monoisotopic (exact) mass is 357 g/mol. The van der Waals surface area contributed by atoms with Gasteiger partial charge in [0.1, 0.15) is 5.76 Å². The Morgan fingerprint density at radius 2 is 1.69 bits per heavy atom. The molecule has 6 heteroatoms. The lowest BCUT2D eigenvalue weighted by Gasteiger charge is -2.14. The zero-order valence-electron chi connectivity index (χ0n) is 16.8. The highest BCUT2D eigenvalue weighted by atomic mass is 16.4. The third kappa shape index (κ3) is 6.19. The molecule has 0 fully saturated rings. The summed E-state index contributed by atoms with van der Waals surface area (Å²) in [5.41, 5.74) is 2.48. The van der Waals surface area contributed by atoms with Crippen LogP contribution in [0.4, 0.5) is 0 Å². The van der Waals surface area contributed by atoms with E-state index in [1.165, 1.54) is 11.1 Å². The van der Waals surface area contributed by atoms with Crippen molar-refractivity contribution in [1.82, 2.24) is 20.5 Å². The zero-order valence-corrected chi connectivity index (χ0v) is 16.8. The topological polar surface area (TPSA) is 65.7 Å². The normalized spacial score (nSPS) is 12.5. The Morgan fingerprint density at radius 3 is 2.23 bits per heavy atom. The third-order valence-electron chi connectivity index (χ3n) is 3.91. The second-order valence-electron chi connectivity index (χ2n) is 7.70. The fourth-order valence-corrected chi connectivity index (χ4v) is 2.43. The average Bonchev–Trinajstić information content (AvgIpc) is 3.05. The van der Waals surface area contributed by atoms with Crippen molar-refractivity contribution in [3.8, 4) is 0 Å². The van der Waals surface area contributed by atoms with Gasteiger partial charge in [-0.25, -0.2) is 4.98 Å². The molecule has 0 aliphatic heterocycles. The van der Waals surface area contributed by atoms with Gasteiger partial charge in [-0.15, -0.1) is 0 Å². The zero-order chi connectivity index (χ0) is 19.2. The second-order valence-corrected chi connectivity index (χ2v) is 7.70. The fourth-order valence-electron chi connectivity index (χ4n) is 2.43. The number of hydrogen-bond donors (Lipinski definition) is 2. The number of guanidine groups is 1.